The zero-order valence-electron chi connectivity index (χ0n) is 15.5. The molecule has 8 heteroatoms. The van der Waals surface area contributed by atoms with Gasteiger partial charge in [0.25, 0.3) is 0 Å². The number of rotatable bonds is 4. The fourth-order valence-electron chi connectivity index (χ4n) is 3.09. The average molecular weight is 384 g/mol. The molecule has 3 aromatic heterocycles. The number of benzene rings is 2. The molecule has 0 saturated carbocycles. The number of para-hydroxylation sites is 2. The number of anilines is 3. The second kappa shape index (κ2) is 6.75. The summed E-state index contributed by atoms with van der Waals surface area (Å²) < 4.78 is 6.59. The molecule has 0 aliphatic rings. The fourth-order valence-corrected chi connectivity index (χ4v) is 3.09. The second-order valence-corrected chi connectivity index (χ2v) is 6.57. The van der Waals surface area contributed by atoms with E-state index >= 15 is 0 Å². The van der Waals surface area contributed by atoms with Crippen LogP contribution in [0.25, 0.3) is 21.9 Å². The SMILES string of the molecule is Cc1cnc(Nc2ccc3ccncc3c2)nc1Nn1c(=O)oc2ccccc21. The predicted octanol–water partition coefficient (Wildman–Crippen LogP) is 3.86. The van der Waals surface area contributed by atoms with E-state index in [9.17, 15) is 4.79 Å². The van der Waals surface area contributed by atoms with Crippen LogP contribution in [0.5, 0.6) is 0 Å². The zero-order chi connectivity index (χ0) is 19.8. The van der Waals surface area contributed by atoms with Gasteiger partial charge in [0.05, 0.1) is 0 Å². The van der Waals surface area contributed by atoms with Crippen LogP contribution in [0.4, 0.5) is 17.5 Å². The first kappa shape index (κ1) is 16.9. The van der Waals surface area contributed by atoms with Crippen LogP contribution >= 0.6 is 0 Å². The Morgan fingerprint density at radius 3 is 2.86 bits per heavy atom. The quantitative estimate of drug-likeness (QED) is 0.485. The number of nitrogens with one attached hydrogen (secondary N) is 2. The van der Waals surface area contributed by atoms with Crippen molar-refractivity contribution in [3.05, 3.63) is 83.2 Å². The Morgan fingerprint density at radius 2 is 1.93 bits per heavy atom. The third-order valence-corrected chi connectivity index (χ3v) is 4.57. The maximum Gasteiger partial charge on any atom is 0.439 e. The van der Waals surface area contributed by atoms with Gasteiger partial charge in [0.1, 0.15) is 5.52 Å². The minimum atomic E-state index is -0.513. The first-order valence-electron chi connectivity index (χ1n) is 8.99. The molecule has 2 aromatic carbocycles. The van der Waals surface area contributed by atoms with Crippen LogP contribution in [0.3, 0.4) is 0 Å². The molecule has 29 heavy (non-hydrogen) atoms. The van der Waals surface area contributed by atoms with E-state index in [1.165, 1.54) is 4.68 Å². The third-order valence-electron chi connectivity index (χ3n) is 4.57. The lowest BCUT2D eigenvalue weighted by molar-refractivity contribution is 0.532. The van der Waals surface area contributed by atoms with E-state index in [0.717, 1.165) is 22.0 Å². The van der Waals surface area contributed by atoms with Crippen molar-refractivity contribution in [2.75, 3.05) is 10.7 Å². The summed E-state index contributed by atoms with van der Waals surface area (Å²) in [4.78, 5) is 25.2. The van der Waals surface area contributed by atoms with Crippen molar-refractivity contribution in [1.29, 1.82) is 0 Å². The van der Waals surface area contributed by atoms with Crippen LogP contribution < -0.4 is 16.5 Å². The van der Waals surface area contributed by atoms with Gasteiger partial charge in [0, 0.05) is 35.2 Å². The number of hydrogen-bond donors (Lipinski definition) is 2. The maximum atomic E-state index is 12.2. The largest absolute Gasteiger partial charge is 0.439 e. The summed E-state index contributed by atoms with van der Waals surface area (Å²) in [5.74, 6) is 0.390. The van der Waals surface area contributed by atoms with Crippen LogP contribution in [-0.2, 0) is 0 Å². The number of pyridine rings is 1. The smallest absolute Gasteiger partial charge is 0.406 e. The minimum Gasteiger partial charge on any atom is -0.406 e. The van der Waals surface area contributed by atoms with Crippen molar-refractivity contribution in [3.8, 4) is 0 Å². The predicted molar refractivity (Wildman–Crippen MR) is 111 cm³/mol. The highest BCUT2D eigenvalue weighted by atomic mass is 16.4. The summed E-state index contributed by atoms with van der Waals surface area (Å²) in [6.45, 7) is 1.86. The van der Waals surface area contributed by atoms with E-state index in [2.05, 4.69) is 25.7 Å². The number of aryl methyl sites for hydroxylation is 1. The molecule has 0 saturated heterocycles. The molecule has 0 amide bonds. The molecule has 0 fully saturated rings. The van der Waals surface area contributed by atoms with Gasteiger partial charge in [-0.25, -0.2) is 9.78 Å². The Hall–Kier alpha value is -4.20. The molecule has 3 heterocycles. The number of hydrogen-bond acceptors (Lipinski definition) is 7. The van der Waals surface area contributed by atoms with Gasteiger partial charge in [-0.3, -0.25) is 10.4 Å². The van der Waals surface area contributed by atoms with E-state index < -0.39 is 5.76 Å². The normalized spacial score (nSPS) is 11.1. The summed E-state index contributed by atoms with van der Waals surface area (Å²) >= 11 is 0. The topological polar surface area (TPSA) is 97.9 Å². The molecule has 2 N–H and O–H groups in total. The lowest BCUT2D eigenvalue weighted by atomic mass is 10.1. The summed E-state index contributed by atoms with van der Waals surface area (Å²) in [5.41, 5.74) is 5.79. The zero-order valence-corrected chi connectivity index (χ0v) is 15.5. The molecule has 0 atom stereocenters. The first-order chi connectivity index (χ1) is 14.2. The van der Waals surface area contributed by atoms with Gasteiger partial charge in [-0.05, 0) is 42.6 Å². The minimum absolute atomic E-state index is 0.405. The molecule has 0 aliphatic heterocycles. The van der Waals surface area contributed by atoms with Crippen LogP contribution in [-0.4, -0.2) is 19.6 Å². The molecule has 5 aromatic rings. The molecule has 0 radical (unpaired) electrons. The highest BCUT2D eigenvalue weighted by Crippen LogP contribution is 2.22. The van der Waals surface area contributed by atoms with Crippen LogP contribution in [0.2, 0.25) is 0 Å². The Labute approximate surface area is 164 Å². The van der Waals surface area contributed by atoms with Crippen molar-refractivity contribution >= 4 is 39.3 Å². The van der Waals surface area contributed by atoms with E-state index in [0.29, 0.717) is 22.9 Å². The van der Waals surface area contributed by atoms with Gasteiger partial charge in [0.15, 0.2) is 11.4 Å². The van der Waals surface area contributed by atoms with Gasteiger partial charge >= 0.3 is 5.76 Å². The summed E-state index contributed by atoms with van der Waals surface area (Å²) in [6, 6.07) is 15.1. The van der Waals surface area contributed by atoms with E-state index in [-0.39, 0.29) is 0 Å². The number of nitrogens with zero attached hydrogens (tertiary/aromatic N) is 4. The second-order valence-electron chi connectivity index (χ2n) is 6.57. The number of aromatic nitrogens is 4. The molecule has 0 unspecified atom stereocenters. The molecule has 8 nitrogen and oxygen atoms in total. The van der Waals surface area contributed by atoms with E-state index in [1.807, 2.05) is 43.3 Å². The van der Waals surface area contributed by atoms with E-state index in [4.69, 9.17) is 4.42 Å². The summed E-state index contributed by atoms with van der Waals surface area (Å²) in [5, 5.41) is 5.31. The van der Waals surface area contributed by atoms with Crippen molar-refractivity contribution in [2.24, 2.45) is 0 Å². The van der Waals surface area contributed by atoms with Gasteiger partial charge in [0.2, 0.25) is 5.95 Å². The average Bonchev–Trinajstić information content (AvgIpc) is 3.05. The van der Waals surface area contributed by atoms with Crippen molar-refractivity contribution in [2.45, 2.75) is 6.92 Å². The van der Waals surface area contributed by atoms with E-state index in [1.54, 1.807) is 30.7 Å². The molecule has 142 valence electrons. The fraction of sp³-hybridized carbons (Fsp3) is 0.0476. The Morgan fingerprint density at radius 1 is 1.03 bits per heavy atom. The molecular weight excluding hydrogens is 368 g/mol. The Balaban J connectivity index is 1.48. The Kier molecular flexibility index (Phi) is 3.94. The van der Waals surface area contributed by atoms with Crippen LogP contribution in [0.15, 0.2) is 76.3 Å². The van der Waals surface area contributed by atoms with Gasteiger partial charge < -0.3 is 9.73 Å². The number of fused-ring (bicyclic) bond motifs is 2. The lowest BCUT2D eigenvalue weighted by Gasteiger charge is -2.11. The highest BCUT2D eigenvalue weighted by molar-refractivity contribution is 5.85. The van der Waals surface area contributed by atoms with Gasteiger partial charge in [-0.15, -0.1) is 0 Å². The Bertz CT molecular complexity index is 1410. The molecule has 0 spiro atoms. The molecular formula is C21H16N6O2. The lowest BCUT2D eigenvalue weighted by Crippen LogP contribution is -2.23. The standard InChI is InChI=1S/C21H16N6O2/c1-13-11-23-20(24-16-7-6-14-8-9-22-12-15(14)10-16)25-19(13)26-27-17-4-2-3-5-18(17)29-21(27)28/h2-12H,1H3,(H2,23,24,25,26). The maximum absolute atomic E-state index is 12.2. The monoisotopic (exact) mass is 384 g/mol. The van der Waals surface area contributed by atoms with Gasteiger partial charge in [-0.1, -0.05) is 18.2 Å². The summed E-state index contributed by atoms with van der Waals surface area (Å²) in [7, 11) is 0. The van der Waals surface area contributed by atoms with Gasteiger partial charge in [-0.2, -0.15) is 9.66 Å². The summed E-state index contributed by atoms with van der Waals surface area (Å²) in [6.07, 6.45) is 5.26. The van der Waals surface area contributed by atoms with Crippen molar-refractivity contribution < 1.29 is 4.42 Å². The van der Waals surface area contributed by atoms with Crippen molar-refractivity contribution in [1.82, 2.24) is 19.6 Å². The first-order valence-corrected chi connectivity index (χ1v) is 8.99. The van der Waals surface area contributed by atoms with Crippen LogP contribution in [0.1, 0.15) is 5.56 Å². The molecule has 5 rings (SSSR count). The third kappa shape index (κ3) is 3.16. The van der Waals surface area contributed by atoms with Crippen LogP contribution in [0, 0.1) is 6.92 Å². The molecule has 0 bridgehead atoms. The van der Waals surface area contributed by atoms with Crippen molar-refractivity contribution in [3.63, 3.8) is 0 Å². The highest BCUT2D eigenvalue weighted by Gasteiger charge is 2.11. The molecule has 0 aliphatic carbocycles. The number of oxazole rings is 1.